The molecule has 0 amide bonds. The average molecular weight is 511 g/mol. The first kappa shape index (κ1) is 26.6. The van der Waals surface area contributed by atoms with Gasteiger partial charge < -0.3 is 27.0 Å². The smallest absolute Gasteiger partial charge is 0.164 e. The zero-order valence-corrected chi connectivity index (χ0v) is 21.5. The molecule has 0 aliphatic carbocycles. The second kappa shape index (κ2) is 11.3. The van der Waals surface area contributed by atoms with Crippen LogP contribution in [0.2, 0.25) is 0 Å². The van der Waals surface area contributed by atoms with Gasteiger partial charge in [-0.1, -0.05) is 19.6 Å². The van der Waals surface area contributed by atoms with Gasteiger partial charge in [0.05, 0.1) is 11.4 Å². The molecule has 0 atom stereocenters. The molecule has 2 aliphatic rings. The standard InChI is InChI=1S/C27H36F2N8/c1-4-36-9-7-27(8-10-36)16-37(17-27)15-19-5-6-24(33-14-19)34-18(2)35-26(22(29)13-30)20-11-21(28)25(31)23(12-20)32-3/h5-6,11-14,32H,2,4,7-10,15-17,30-31H2,1,3H3,(H,33,34)/b22-13+,35-26?. The van der Waals surface area contributed by atoms with Crippen LogP contribution in [0.15, 0.2) is 59.9 Å². The van der Waals surface area contributed by atoms with Gasteiger partial charge >= 0.3 is 0 Å². The van der Waals surface area contributed by atoms with Gasteiger partial charge in [-0.3, -0.25) is 4.90 Å². The number of aliphatic imine (C=N–C) groups is 1. The minimum Gasteiger partial charge on any atom is -0.402 e. The van der Waals surface area contributed by atoms with Gasteiger partial charge in [-0.05, 0) is 61.7 Å². The van der Waals surface area contributed by atoms with Gasteiger partial charge in [0.2, 0.25) is 0 Å². The van der Waals surface area contributed by atoms with E-state index in [2.05, 4.69) is 43.9 Å². The molecule has 2 aromatic rings. The van der Waals surface area contributed by atoms with E-state index in [1.807, 2.05) is 18.3 Å². The van der Waals surface area contributed by atoms with Crippen LogP contribution >= 0.6 is 0 Å². The maximum absolute atomic E-state index is 14.6. The summed E-state index contributed by atoms with van der Waals surface area (Å²) in [5, 5.41) is 5.74. The summed E-state index contributed by atoms with van der Waals surface area (Å²) >= 11 is 0. The number of allylic oxidation sites excluding steroid dienone is 1. The predicted octanol–water partition coefficient (Wildman–Crippen LogP) is 3.90. The maximum atomic E-state index is 14.6. The van der Waals surface area contributed by atoms with Crippen LogP contribution in [0, 0.1) is 11.2 Å². The van der Waals surface area contributed by atoms with Crippen LogP contribution < -0.4 is 22.1 Å². The number of halogens is 2. The fourth-order valence-corrected chi connectivity index (χ4v) is 5.13. The second-order valence-corrected chi connectivity index (χ2v) is 9.85. The number of rotatable bonds is 9. The highest BCUT2D eigenvalue weighted by Crippen LogP contribution is 2.41. The van der Waals surface area contributed by atoms with Gasteiger partial charge in [-0.2, -0.15) is 0 Å². The van der Waals surface area contributed by atoms with Gasteiger partial charge in [0.15, 0.2) is 5.83 Å². The number of likely N-dealkylation sites (tertiary alicyclic amines) is 2. The topological polar surface area (TPSA) is 108 Å². The number of nitrogens with two attached hydrogens (primary N) is 2. The van der Waals surface area contributed by atoms with E-state index >= 15 is 0 Å². The van der Waals surface area contributed by atoms with Crippen molar-refractivity contribution in [3.05, 3.63) is 71.8 Å². The van der Waals surface area contributed by atoms with Gasteiger partial charge in [0.25, 0.3) is 0 Å². The van der Waals surface area contributed by atoms with E-state index in [1.54, 1.807) is 7.05 Å². The Hall–Kier alpha value is -3.50. The van der Waals surface area contributed by atoms with Gasteiger partial charge in [0.1, 0.15) is 23.2 Å². The van der Waals surface area contributed by atoms with E-state index in [-0.39, 0.29) is 22.8 Å². The Labute approximate surface area is 217 Å². The Morgan fingerprint density at radius 1 is 1.24 bits per heavy atom. The molecule has 1 spiro atoms. The van der Waals surface area contributed by atoms with Crippen molar-refractivity contribution in [3.8, 4) is 0 Å². The summed E-state index contributed by atoms with van der Waals surface area (Å²) in [5.41, 5.74) is 12.9. The lowest BCUT2D eigenvalue weighted by molar-refractivity contribution is -0.0502. The Balaban J connectivity index is 1.37. The average Bonchev–Trinajstić information content (AvgIpc) is 2.89. The molecule has 0 unspecified atom stereocenters. The van der Waals surface area contributed by atoms with E-state index in [9.17, 15) is 8.78 Å². The molecule has 8 nitrogen and oxygen atoms in total. The molecule has 6 N–H and O–H groups in total. The first-order chi connectivity index (χ1) is 17.8. The number of hydrogen-bond acceptors (Lipinski definition) is 8. The van der Waals surface area contributed by atoms with Crippen LogP contribution in [0.25, 0.3) is 0 Å². The summed E-state index contributed by atoms with van der Waals surface area (Å²) in [6.45, 7) is 12.8. The Bertz CT molecular complexity index is 1180. The molecular weight excluding hydrogens is 474 g/mol. The number of nitrogens with one attached hydrogen (secondary N) is 2. The number of nitrogen functional groups attached to an aromatic ring is 1. The van der Waals surface area contributed by atoms with Crippen molar-refractivity contribution < 1.29 is 8.78 Å². The summed E-state index contributed by atoms with van der Waals surface area (Å²) in [7, 11) is 1.59. The molecule has 1 aromatic carbocycles. The summed E-state index contributed by atoms with van der Waals surface area (Å²) in [5.74, 6) is -0.890. The minimum absolute atomic E-state index is 0.0701. The maximum Gasteiger partial charge on any atom is 0.164 e. The van der Waals surface area contributed by atoms with Crippen molar-refractivity contribution in [2.45, 2.75) is 26.3 Å². The quantitative estimate of drug-likeness (QED) is 0.299. The van der Waals surface area contributed by atoms with E-state index < -0.39 is 11.6 Å². The molecule has 4 rings (SSSR count). The number of piperidine rings is 1. The number of nitrogens with zero attached hydrogens (tertiary/aromatic N) is 4. The van der Waals surface area contributed by atoms with E-state index in [0.29, 0.717) is 16.9 Å². The largest absolute Gasteiger partial charge is 0.402 e. The van der Waals surface area contributed by atoms with Crippen LogP contribution in [-0.4, -0.2) is 60.3 Å². The highest BCUT2D eigenvalue weighted by atomic mass is 19.1. The molecule has 2 aliphatic heterocycles. The van der Waals surface area contributed by atoms with Crippen molar-refractivity contribution >= 4 is 22.9 Å². The van der Waals surface area contributed by atoms with Crippen molar-refractivity contribution in [1.82, 2.24) is 14.8 Å². The first-order valence-corrected chi connectivity index (χ1v) is 12.5. The Morgan fingerprint density at radius 3 is 2.57 bits per heavy atom. The third kappa shape index (κ3) is 6.08. The molecule has 1 aromatic heterocycles. The van der Waals surface area contributed by atoms with Gasteiger partial charge in [-0.25, -0.2) is 18.8 Å². The van der Waals surface area contributed by atoms with E-state index in [1.165, 1.54) is 32.0 Å². The number of hydrogen-bond donors (Lipinski definition) is 4. The molecule has 2 saturated heterocycles. The van der Waals surface area contributed by atoms with Crippen molar-refractivity contribution in [1.29, 1.82) is 0 Å². The number of benzene rings is 1. The molecule has 0 radical (unpaired) electrons. The monoisotopic (exact) mass is 510 g/mol. The molecule has 10 heteroatoms. The van der Waals surface area contributed by atoms with Gasteiger partial charge in [0, 0.05) is 44.6 Å². The SMILES string of the molecule is C=C(N=C(/C(F)=C\N)c1cc(F)c(N)c(NC)c1)Nc1ccc(CN2CC3(CCN(CC)CC3)C2)cn1. The zero-order valence-electron chi connectivity index (χ0n) is 21.5. The predicted molar refractivity (Wildman–Crippen MR) is 146 cm³/mol. The summed E-state index contributed by atoms with van der Waals surface area (Å²) in [6, 6.07) is 6.44. The third-order valence-corrected chi connectivity index (χ3v) is 7.28. The lowest BCUT2D eigenvalue weighted by Gasteiger charge is -2.54. The van der Waals surface area contributed by atoms with E-state index in [4.69, 9.17) is 11.5 Å². The molecule has 0 bridgehead atoms. The lowest BCUT2D eigenvalue weighted by atomic mass is 9.72. The van der Waals surface area contributed by atoms with Crippen LogP contribution in [0.5, 0.6) is 0 Å². The minimum atomic E-state index is -0.829. The van der Waals surface area contributed by atoms with Crippen LogP contribution in [0.4, 0.5) is 26.0 Å². The Morgan fingerprint density at radius 2 is 1.97 bits per heavy atom. The summed E-state index contributed by atoms with van der Waals surface area (Å²) < 4.78 is 28.9. The van der Waals surface area contributed by atoms with Crippen molar-refractivity contribution in [2.24, 2.45) is 16.1 Å². The summed E-state index contributed by atoms with van der Waals surface area (Å²) in [6.07, 6.45) is 5.14. The number of pyridine rings is 1. The fraction of sp³-hybridized carbons (Fsp3) is 0.407. The number of anilines is 3. The second-order valence-electron chi connectivity index (χ2n) is 9.85. The number of aromatic nitrogens is 1. The Kier molecular flexibility index (Phi) is 8.09. The third-order valence-electron chi connectivity index (χ3n) is 7.28. The van der Waals surface area contributed by atoms with Gasteiger partial charge in [-0.15, -0.1) is 0 Å². The molecular formula is C27H36F2N8. The first-order valence-electron chi connectivity index (χ1n) is 12.5. The van der Waals surface area contributed by atoms with Crippen LogP contribution in [0.1, 0.15) is 30.9 Å². The van der Waals surface area contributed by atoms with Crippen LogP contribution in [-0.2, 0) is 6.54 Å². The highest BCUT2D eigenvalue weighted by molar-refractivity contribution is 6.12. The lowest BCUT2D eigenvalue weighted by Crippen LogP contribution is -2.59. The fourth-order valence-electron chi connectivity index (χ4n) is 5.13. The van der Waals surface area contributed by atoms with Crippen molar-refractivity contribution in [3.63, 3.8) is 0 Å². The molecule has 2 fully saturated rings. The molecule has 3 heterocycles. The zero-order chi connectivity index (χ0) is 26.6. The molecule has 0 saturated carbocycles. The summed E-state index contributed by atoms with van der Waals surface area (Å²) in [4.78, 5) is 13.7. The van der Waals surface area contributed by atoms with Crippen molar-refractivity contribution in [2.75, 3.05) is 56.1 Å². The normalized spacial score (nSPS) is 18.5. The molecule has 37 heavy (non-hydrogen) atoms. The van der Waals surface area contributed by atoms with Crippen LogP contribution in [0.3, 0.4) is 0 Å². The molecule has 198 valence electrons. The highest BCUT2D eigenvalue weighted by Gasteiger charge is 2.44. The van der Waals surface area contributed by atoms with E-state index in [0.717, 1.165) is 44.0 Å².